The standard InChI is InChI=1S/C25H27FN6O3/c1-5-34-22-18(26)9-10-19-21(22)24(29-16-12-27-28-13-16)31-23(30-19)15-7-6-8-17(11-15)35-14-20(33)32-25(2,3)4/h6-13H,5,14H2,1-4H3,(H,27,28)(H,32,33)(H,29,30,31). The highest BCUT2D eigenvalue weighted by atomic mass is 19.1. The van der Waals surface area contributed by atoms with Crippen molar-refractivity contribution in [1.29, 1.82) is 0 Å². The molecule has 0 atom stereocenters. The smallest absolute Gasteiger partial charge is 0.258 e. The summed E-state index contributed by atoms with van der Waals surface area (Å²) >= 11 is 0. The van der Waals surface area contributed by atoms with Gasteiger partial charge in [-0.1, -0.05) is 12.1 Å². The van der Waals surface area contributed by atoms with Crippen molar-refractivity contribution in [2.24, 2.45) is 0 Å². The molecule has 0 aliphatic heterocycles. The molecule has 0 spiro atoms. The molecule has 0 aliphatic rings. The summed E-state index contributed by atoms with van der Waals surface area (Å²) in [4.78, 5) is 21.4. The molecule has 0 radical (unpaired) electrons. The van der Waals surface area contributed by atoms with Crippen LogP contribution in [0.1, 0.15) is 27.7 Å². The van der Waals surface area contributed by atoms with Crippen LogP contribution in [0.25, 0.3) is 22.3 Å². The van der Waals surface area contributed by atoms with Crippen molar-refractivity contribution < 1.29 is 18.7 Å². The van der Waals surface area contributed by atoms with E-state index in [1.54, 1.807) is 43.6 Å². The lowest BCUT2D eigenvalue weighted by Gasteiger charge is -2.20. The number of hydrogen-bond donors (Lipinski definition) is 3. The number of anilines is 2. The average molecular weight is 479 g/mol. The highest BCUT2D eigenvalue weighted by molar-refractivity contribution is 5.97. The van der Waals surface area contributed by atoms with Crippen LogP contribution < -0.4 is 20.1 Å². The predicted molar refractivity (Wildman–Crippen MR) is 131 cm³/mol. The molecule has 0 fully saturated rings. The van der Waals surface area contributed by atoms with E-state index in [4.69, 9.17) is 9.47 Å². The van der Waals surface area contributed by atoms with E-state index < -0.39 is 5.82 Å². The van der Waals surface area contributed by atoms with Crippen LogP contribution in [0.2, 0.25) is 0 Å². The van der Waals surface area contributed by atoms with Gasteiger partial charge < -0.3 is 20.1 Å². The number of amides is 1. The first-order valence-corrected chi connectivity index (χ1v) is 11.2. The Labute approximate surface area is 202 Å². The summed E-state index contributed by atoms with van der Waals surface area (Å²) in [6, 6.07) is 10.0. The van der Waals surface area contributed by atoms with E-state index in [0.717, 1.165) is 0 Å². The van der Waals surface area contributed by atoms with Crippen LogP contribution in [0.15, 0.2) is 48.8 Å². The van der Waals surface area contributed by atoms with E-state index in [1.165, 1.54) is 6.07 Å². The van der Waals surface area contributed by atoms with E-state index in [0.29, 0.717) is 39.5 Å². The molecule has 2 heterocycles. The second-order valence-corrected chi connectivity index (χ2v) is 8.83. The Morgan fingerprint density at radius 2 is 1.97 bits per heavy atom. The largest absolute Gasteiger partial charge is 0.490 e. The number of hydrogen-bond acceptors (Lipinski definition) is 7. The van der Waals surface area contributed by atoms with Gasteiger partial charge in [0, 0.05) is 17.3 Å². The normalized spacial score (nSPS) is 11.3. The van der Waals surface area contributed by atoms with Gasteiger partial charge in [0.25, 0.3) is 5.91 Å². The maximum atomic E-state index is 14.6. The lowest BCUT2D eigenvalue weighted by molar-refractivity contribution is -0.124. The van der Waals surface area contributed by atoms with Gasteiger partial charge in [0.1, 0.15) is 11.6 Å². The third kappa shape index (κ3) is 5.84. The van der Waals surface area contributed by atoms with Crippen molar-refractivity contribution in [2.45, 2.75) is 33.2 Å². The van der Waals surface area contributed by atoms with Crippen LogP contribution in [-0.2, 0) is 4.79 Å². The van der Waals surface area contributed by atoms with Gasteiger partial charge in [-0.25, -0.2) is 14.4 Å². The lowest BCUT2D eigenvalue weighted by atomic mass is 10.1. The zero-order valence-corrected chi connectivity index (χ0v) is 20.0. The molecular formula is C25H27FN6O3. The summed E-state index contributed by atoms with van der Waals surface area (Å²) in [5, 5.41) is 13.1. The Morgan fingerprint density at radius 3 is 2.69 bits per heavy atom. The van der Waals surface area contributed by atoms with E-state index in [-0.39, 0.29) is 30.4 Å². The fourth-order valence-electron chi connectivity index (χ4n) is 3.46. The molecule has 2 aromatic carbocycles. The second kappa shape index (κ2) is 9.96. The first-order chi connectivity index (χ1) is 16.7. The molecule has 2 aromatic heterocycles. The monoisotopic (exact) mass is 478 g/mol. The third-order valence-corrected chi connectivity index (χ3v) is 4.79. The van der Waals surface area contributed by atoms with Crippen LogP contribution in [0.3, 0.4) is 0 Å². The van der Waals surface area contributed by atoms with E-state index in [9.17, 15) is 9.18 Å². The van der Waals surface area contributed by atoms with Crippen LogP contribution in [0, 0.1) is 5.82 Å². The first kappa shape index (κ1) is 23.9. The highest BCUT2D eigenvalue weighted by Gasteiger charge is 2.19. The summed E-state index contributed by atoms with van der Waals surface area (Å²) in [5.74, 6) is 0.599. The molecule has 0 saturated heterocycles. The fourth-order valence-corrected chi connectivity index (χ4v) is 3.46. The van der Waals surface area contributed by atoms with Crippen LogP contribution in [0.4, 0.5) is 15.9 Å². The van der Waals surface area contributed by atoms with Gasteiger partial charge in [0.15, 0.2) is 24.0 Å². The number of benzene rings is 2. The number of aromatic amines is 1. The average Bonchev–Trinajstić information content (AvgIpc) is 3.32. The topological polar surface area (TPSA) is 114 Å². The summed E-state index contributed by atoms with van der Waals surface area (Å²) in [6.07, 6.45) is 3.24. The molecule has 0 saturated carbocycles. The molecule has 3 N–H and O–H groups in total. The zero-order valence-electron chi connectivity index (χ0n) is 20.0. The molecule has 10 heteroatoms. The Bertz CT molecular complexity index is 1340. The Hall–Kier alpha value is -4.21. The van der Waals surface area contributed by atoms with Crippen molar-refractivity contribution >= 4 is 28.3 Å². The molecule has 35 heavy (non-hydrogen) atoms. The minimum absolute atomic E-state index is 0.0736. The number of aromatic nitrogens is 4. The SMILES string of the molecule is CCOc1c(F)ccc2nc(-c3cccc(OCC(=O)NC(C)(C)C)c3)nc(Nc3cn[nH]c3)c12. The zero-order chi connectivity index (χ0) is 25.0. The number of ether oxygens (including phenoxy) is 2. The van der Waals surface area contributed by atoms with Gasteiger partial charge in [-0.3, -0.25) is 9.89 Å². The lowest BCUT2D eigenvalue weighted by Crippen LogP contribution is -2.43. The molecule has 182 valence electrons. The minimum atomic E-state index is -0.505. The number of halogens is 1. The maximum Gasteiger partial charge on any atom is 0.258 e. The maximum absolute atomic E-state index is 14.6. The van der Waals surface area contributed by atoms with E-state index in [1.807, 2.05) is 26.8 Å². The second-order valence-electron chi connectivity index (χ2n) is 8.83. The molecule has 1 amide bonds. The summed E-state index contributed by atoms with van der Waals surface area (Å²) in [6.45, 7) is 7.65. The van der Waals surface area contributed by atoms with Crippen molar-refractivity contribution in [3.05, 3.63) is 54.6 Å². The first-order valence-electron chi connectivity index (χ1n) is 11.2. The third-order valence-electron chi connectivity index (χ3n) is 4.79. The Balaban J connectivity index is 1.71. The van der Waals surface area contributed by atoms with Gasteiger partial charge in [-0.2, -0.15) is 5.10 Å². The molecule has 9 nitrogen and oxygen atoms in total. The fraction of sp³-hybridized carbons (Fsp3) is 0.280. The number of rotatable bonds is 8. The van der Waals surface area contributed by atoms with Crippen molar-refractivity contribution in [3.8, 4) is 22.9 Å². The van der Waals surface area contributed by atoms with Crippen LogP contribution in [-0.4, -0.2) is 44.8 Å². The van der Waals surface area contributed by atoms with Gasteiger partial charge in [0.2, 0.25) is 0 Å². The number of nitrogens with one attached hydrogen (secondary N) is 3. The van der Waals surface area contributed by atoms with E-state index >= 15 is 0 Å². The van der Waals surface area contributed by atoms with Gasteiger partial charge >= 0.3 is 0 Å². The molecular weight excluding hydrogens is 451 g/mol. The summed E-state index contributed by atoms with van der Waals surface area (Å²) in [5.41, 5.74) is 1.46. The number of carbonyl (C=O) groups excluding carboxylic acids is 1. The number of carbonyl (C=O) groups is 1. The molecule has 4 aromatic rings. The van der Waals surface area contributed by atoms with Gasteiger partial charge in [-0.05, 0) is 52.0 Å². The highest BCUT2D eigenvalue weighted by Crippen LogP contribution is 2.36. The predicted octanol–water partition coefficient (Wildman–Crippen LogP) is 4.59. The van der Waals surface area contributed by atoms with E-state index in [2.05, 4.69) is 30.8 Å². The Morgan fingerprint density at radius 1 is 1.14 bits per heavy atom. The molecule has 0 unspecified atom stereocenters. The van der Waals surface area contributed by atoms with Crippen molar-refractivity contribution in [2.75, 3.05) is 18.5 Å². The quantitative estimate of drug-likeness (QED) is 0.339. The summed E-state index contributed by atoms with van der Waals surface area (Å²) < 4.78 is 25.9. The van der Waals surface area contributed by atoms with Crippen molar-refractivity contribution in [3.63, 3.8) is 0 Å². The van der Waals surface area contributed by atoms with Crippen molar-refractivity contribution in [1.82, 2.24) is 25.5 Å². The number of nitrogens with zero attached hydrogens (tertiary/aromatic N) is 3. The van der Waals surface area contributed by atoms with Gasteiger partial charge in [0.05, 0.1) is 29.4 Å². The molecule has 4 rings (SSSR count). The molecule has 0 aliphatic carbocycles. The van der Waals surface area contributed by atoms with Crippen LogP contribution in [0.5, 0.6) is 11.5 Å². The number of fused-ring (bicyclic) bond motifs is 1. The number of H-pyrrole nitrogens is 1. The molecule has 0 bridgehead atoms. The Kier molecular flexibility index (Phi) is 6.81. The van der Waals surface area contributed by atoms with Crippen LogP contribution >= 0.6 is 0 Å². The van der Waals surface area contributed by atoms with Gasteiger partial charge in [-0.15, -0.1) is 0 Å². The minimum Gasteiger partial charge on any atom is -0.490 e. The summed E-state index contributed by atoms with van der Waals surface area (Å²) in [7, 11) is 0.